The Morgan fingerprint density at radius 2 is 1.77 bits per heavy atom. The van der Waals surface area contributed by atoms with Gasteiger partial charge in [-0.05, 0) is 18.8 Å². The van der Waals surface area contributed by atoms with Gasteiger partial charge < -0.3 is 25.4 Å². The summed E-state index contributed by atoms with van der Waals surface area (Å²) in [7, 11) is 3.28. The van der Waals surface area contributed by atoms with E-state index in [9.17, 15) is 4.79 Å². The number of amides is 1. The summed E-state index contributed by atoms with van der Waals surface area (Å²) < 4.78 is 10.6. The summed E-state index contributed by atoms with van der Waals surface area (Å²) in [5.41, 5.74) is 7.06. The second-order valence-corrected chi connectivity index (χ2v) is 6.76. The molecule has 0 aromatic heterocycles. The summed E-state index contributed by atoms with van der Waals surface area (Å²) in [6.07, 6.45) is 2.72. The molecule has 1 heterocycles. The Labute approximate surface area is 162 Å². The predicted octanol–water partition coefficient (Wildman–Crippen LogP) is 2.90. The summed E-state index contributed by atoms with van der Waals surface area (Å²) in [6, 6.07) is 5.69. The summed E-state index contributed by atoms with van der Waals surface area (Å²) >= 11 is 0. The lowest BCUT2D eigenvalue weighted by Gasteiger charge is -2.35. The zero-order valence-electron chi connectivity index (χ0n) is 16.2. The van der Waals surface area contributed by atoms with Gasteiger partial charge in [0, 0.05) is 43.0 Å². The zero-order chi connectivity index (χ0) is 18.4. The van der Waals surface area contributed by atoms with E-state index in [-0.39, 0.29) is 24.2 Å². The Morgan fingerprint density at radius 3 is 2.23 bits per heavy atom. The number of piperidine rings is 1. The summed E-state index contributed by atoms with van der Waals surface area (Å²) in [5.74, 6) is 1.81. The SMILES string of the molecule is CCC(C)C(N)C(=O)N1CCC(Nc2cc(OC)cc(OC)c2)CC1.Cl. The maximum atomic E-state index is 12.5. The maximum Gasteiger partial charge on any atom is 0.239 e. The van der Waals surface area contributed by atoms with Crippen molar-refractivity contribution in [2.45, 2.75) is 45.2 Å². The first-order valence-electron chi connectivity index (χ1n) is 9.02. The Hall–Kier alpha value is -1.66. The van der Waals surface area contributed by atoms with Crippen LogP contribution >= 0.6 is 12.4 Å². The number of carbonyl (C=O) groups excluding carboxylic acids is 1. The minimum absolute atomic E-state index is 0. The number of ether oxygens (including phenoxy) is 2. The van der Waals surface area contributed by atoms with Crippen LogP contribution in [-0.2, 0) is 4.79 Å². The van der Waals surface area contributed by atoms with E-state index in [1.807, 2.05) is 30.0 Å². The number of methoxy groups -OCH3 is 2. The molecule has 0 saturated carbocycles. The van der Waals surface area contributed by atoms with Crippen LogP contribution in [0.2, 0.25) is 0 Å². The first-order chi connectivity index (χ1) is 12.0. The highest BCUT2D eigenvalue weighted by Gasteiger charge is 2.28. The maximum absolute atomic E-state index is 12.5. The van der Waals surface area contributed by atoms with Crippen molar-refractivity contribution < 1.29 is 14.3 Å². The van der Waals surface area contributed by atoms with Gasteiger partial charge in [0.05, 0.1) is 20.3 Å². The van der Waals surface area contributed by atoms with Gasteiger partial charge in [0.15, 0.2) is 0 Å². The van der Waals surface area contributed by atoms with E-state index in [1.54, 1.807) is 14.2 Å². The fourth-order valence-electron chi connectivity index (χ4n) is 3.08. The number of hydrogen-bond acceptors (Lipinski definition) is 5. The van der Waals surface area contributed by atoms with Gasteiger partial charge in [0.2, 0.25) is 5.91 Å². The van der Waals surface area contributed by atoms with Crippen molar-refractivity contribution in [3.05, 3.63) is 18.2 Å². The number of likely N-dealkylation sites (tertiary alicyclic amines) is 1. The van der Waals surface area contributed by atoms with E-state index in [1.165, 1.54) is 0 Å². The number of anilines is 1. The molecule has 1 amide bonds. The Morgan fingerprint density at radius 1 is 1.23 bits per heavy atom. The molecule has 148 valence electrons. The number of halogens is 1. The molecule has 3 N–H and O–H groups in total. The van der Waals surface area contributed by atoms with Crippen molar-refractivity contribution in [1.82, 2.24) is 4.90 Å². The molecule has 2 rings (SSSR count). The number of rotatable bonds is 7. The van der Waals surface area contributed by atoms with Crippen LogP contribution in [0.1, 0.15) is 33.1 Å². The second-order valence-electron chi connectivity index (χ2n) is 6.76. The van der Waals surface area contributed by atoms with Crippen molar-refractivity contribution >= 4 is 24.0 Å². The number of nitrogens with zero attached hydrogens (tertiary/aromatic N) is 1. The molecule has 0 spiro atoms. The predicted molar refractivity (Wildman–Crippen MR) is 107 cm³/mol. The molecular formula is C19H32ClN3O3. The van der Waals surface area contributed by atoms with Crippen LogP contribution in [0.4, 0.5) is 5.69 Å². The van der Waals surface area contributed by atoms with Gasteiger partial charge in [-0.15, -0.1) is 12.4 Å². The quantitative estimate of drug-likeness (QED) is 0.754. The zero-order valence-corrected chi connectivity index (χ0v) is 17.0. The van der Waals surface area contributed by atoms with E-state index in [0.29, 0.717) is 6.04 Å². The molecule has 1 saturated heterocycles. The molecule has 1 aliphatic heterocycles. The highest BCUT2D eigenvalue weighted by Crippen LogP contribution is 2.27. The largest absolute Gasteiger partial charge is 0.497 e. The fourth-order valence-corrected chi connectivity index (χ4v) is 3.08. The molecule has 26 heavy (non-hydrogen) atoms. The van der Waals surface area contributed by atoms with Crippen LogP contribution in [0.15, 0.2) is 18.2 Å². The summed E-state index contributed by atoms with van der Waals surface area (Å²) in [5, 5.41) is 3.52. The lowest BCUT2D eigenvalue weighted by atomic mass is 9.97. The number of nitrogens with one attached hydrogen (secondary N) is 1. The van der Waals surface area contributed by atoms with Crippen molar-refractivity contribution in [3.8, 4) is 11.5 Å². The average Bonchev–Trinajstić information content (AvgIpc) is 2.66. The van der Waals surface area contributed by atoms with E-state index in [2.05, 4.69) is 12.2 Å². The van der Waals surface area contributed by atoms with Crippen molar-refractivity contribution in [3.63, 3.8) is 0 Å². The highest BCUT2D eigenvalue weighted by molar-refractivity contribution is 5.85. The van der Waals surface area contributed by atoms with Crippen LogP contribution in [0.25, 0.3) is 0 Å². The third-order valence-corrected chi connectivity index (χ3v) is 5.07. The standard InChI is InChI=1S/C19H31N3O3.ClH/c1-5-13(2)18(20)19(23)22-8-6-14(7-9-22)21-15-10-16(24-3)12-17(11-15)25-4;/h10-14,18,21H,5-9,20H2,1-4H3;1H. The fraction of sp³-hybridized carbons (Fsp3) is 0.632. The number of nitrogens with two attached hydrogens (primary N) is 1. The normalized spacial score (nSPS) is 17.0. The molecule has 2 unspecified atom stereocenters. The van der Waals surface area contributed by atoms with Gasteiger partial charge in [-0.25, -0.2) is 0 Å². The number of carbonyl (C=O) groups is 1. The Bertz CT molecular complexity index is 555. The minimum Gasteiger partial charge on any atom is -0.497 e. The molecule has 1 fully saturated rings. The van der Waals surface area contributed by atoms with E-state index in [4.69, 9.17) is 15.2 Å². The molecule has 0 bridgehead atoms. The van der Waals surface area contributed by atoms with Gasteiger partial charge in [-0.3, -0.25) is 4.79 Å². The van der Waals surface area contributed by atoms with Gasteiger partial charge in [-0.2, -0.15) is 0 Å². The average molecular weight is 386 g/mol. The van der Waals surface area contributed by atoms with Crippen molar-refractivity contribution in [1.29, 1.82) is 0 Å². The van der Waals surface area contributed by atoms with Gasteiger partial charge in [-0.1, -0.05) is 20.3 Å². The van der Waals surface area contributed by atoms with Crippen LogP contribution in [0.5, 0.6) is 11.5 Å². The second kappa shape index (κ2) is 10.5. The monoisotopic (exact) mass is 385 g/mol. The van der Waals surface area contributed by atoms with E-state index >= 15 is 0 Å². The highest BCUT2D eigenvalue weighted by atomic mass is 35.5. The van der Waals surface area contributed by atoms with Crippen LogP contribution in [0.3, 0.4) is 0 Å². The number of benzene rings is 1. The third-order valence-electron chi connectivity index (χ3n) is 5.07. The molecule has 1 aromatic carbocycles. The lowest BCUT2D eigenvalue weighted by Crippen LogP contribution is -2.51. The number of hydrogen-bond donors (Lipinski definition) is 2. The van der Waals surface area contributed by atoms with Gasteiger partial charge >= 0.3 is 0 Å². The molecule has 7 heteroatoms. The third kappa shape index (κ3) is 5.68. The Kier molecular flexibility index (Phi) is 9.02. The van der Waals surface area contributed by atoms with E-state index < -0.39 is 6.04 Å². The summed E-state index contributed by atoms with van der Waals surface area (Å²) in [4.78, 5) is 14.4. The molecule has 1 aliphatic rings. The molecule has 0 radical (unpaired) electrons. The molecule has 6 nitrogen and oxygen atoms in total. The van der Waals surface area contributed by atoms with Gasteiger partial charge in [0.1, 0.15) is 11.5 Å². The van der Waals surface area contributed by atoms with E-state index in [0.717, 1.165) is 49.5 Å². The smallest absolute Gasteiger partial charge is 0.239 e. The van der Waals surface area contributed by atoms with Crippen molar-refractivity contribution in [2.24, 2.45) is 11.7 Å². The van der Waals surface area contributed by atoms with Crippen LogP contribution < -0.4 is 20.5 Å². The topological polar surface area (TPSA) is 76.8 Å². The molecule has 1 aromatic rings. The van der Waals surface area contributed by atoms with Crippen molar-refractivity contribution in [2.75, 3.05) is 32.6 Å². The van der Waals surface area contributed by atoms with Gasteiger partial charge in [0.25, 0.3) is 0 Å². The lowest BCUT2D eigenvalue weighted by molar-refractivity contribution is -0.134. The summed E-state index contributed by atoms with van der Waals surface area (Å²) in [6.45, 7) is 5.58. The van der Waals surface area contributed by atoms with Crippen LogP contribution in [0, 0.1) is 5.92 Å². The first-order valence-corrected chi connectivity index (χ1v) is 9.02. The Balaban J connectivity index is 0.00000338. The first kappa shape index (κ1) is 22.4. The minimum atomic E-state index is -0.392. The molecular weight excluding hydrogens is 354 g/mol. The molecule has 0 aliphatic carbocycles. The van der Waals surface area contributed by atoms with Crippen LogP contribution in [-0.4, -0.2) is 50.2 Å². The molecule has 2 atom stereocenters.